The Bertz CT molecular complexity index is 1710. The number of amides is 3. The van der Waals surface area contributed by atoms with Gasteiger partial charge in [0.25, 0.3) is 5.91 Å². The van der Waals surface area contributed by atoms with Crippen molar-refractivity contribution in [2.75, 3.05) is 31.4 Å². The van der Waals surface area contributed by atoms with E-state index in [-0.39, 0.29) is 30.8 Å². The molecule has 220 valence electrons. The molecule has 0 saturated heterocycles. The Balaban J connectivity index is 1.22. The first-order valence-corrected chi connectivity index (χ1v) is 14.9. The molecule has 0 radical (unpaired) electrons. The van der Waals surface area contributed by atoms with Gasteiger partial charge in [0.15, 0.2) is 6.29 Å². The molecule has 1 aliphatic heterocycles. The third-order valence-electron chi connectivity index (χ3n) is 8.16. The van der Waals surface area contributed by atoms with Crippen LogP contribution in [0.25, 0.3) is 0 Å². The van der Waals surface area contributed by atoms with Crippen LogP contribution < -0.4 is 10.6 Å². The number of nitrogens with zero attached hydrogens (tertiary/aromatic N) is 2. The average molecular weight is 597 g/mol. The van der Waals surface area contributed by atoms with Crippen LogP contribution in [0.3, 0.4) is 0 Å². The quantitative estimate of drug-likeness (QED) is 0.263. The Labute approximate surface area is 253 Å². The topological polar surface area (TPSA) is 110 Å². The van der Waals surface area contributed by atoms with Crippen molar-refractivity contribution in [1.82, 2.24) is 9.88 Å². The van der Waals surface area contributed by atoms with Gasteiger partial charge in [-0.3, -0.25) is 14.4 Å². The van der Waals surface area contributed by atoms with E-state index in [2.05, 4.69) is 15.6 Å². The lowest BCUT2D eigenvalue weighted by Gasteiger charge is -2.24. The lowest BCUT2D eigenvalue weighted by molar-refractivity contribution is -0.120. The highest BCUT2D eigenvalue weighted by atomic mass is 32.1. The molecule has 4 aromatic rings. The first-order valence-electron chi connectivity index (χ1n) is 14.0. The minimum atomic E-state index is -0.633. The minimum absolute atomic E-state index is 0.00591. The number of anilines is 2. The smallest absolute Gasteiger partial charge is 0.274 e. The normalized spacial score (nSPS) is 16.7. The first kappa shape index (κ1) is 28.7. The van der Waals surface area contributed by atoms with Crippen molar-refractivity contribution < 1.29 is 23.9 Å². The van der Waals surface area contributed by atoms with Crippen molar-refractivity contribution in [3.8, 4) is 0 Å². The molecule has 1 spiro atoms. The number of carbonyl (C=O) groups excluding carboxylic acids is 3. The number of fused-ring (bicyclic) bond motifs is 3. The summed E-state index contributed by atoms with van der Waals surface area (Å²) in [4.78, 5) is 46.0. The van der Waals surface area contributed by atoms with E-state index in [0.29, 0.717) is 24.2 Å². The molecule has 10 heteroatoms. The molecule has 1 atom stereocenters. The zero-order valence-corrected chi connectivity index (χ0v) is 25.0. The molecule has 1 aromatic heterocycles. The van der Waals surface area contributed by atoms with Gasteiger partial charge in [-0.1, -0.05) is 48.5 Å². The van der Waals surface area contributed by atoms with Gasteiger partial charge < -0.3 is 25.0 Å². The van der Waals surface area contributed by atoms with Crippen LogP contribution in [0.4, 0.5) is 11.4 Å². The second-order valence-corrected chi connectivity index (χ2v) is 11.9. The number of para-hydroxylation sites is 1. The minimum Gasteiger partial charge on any atom is -0.352 e. The van der Waals surface area contributed by atoms with Crippen molar-refractivity contribution in [3.05, 3.63) is 111 Å². The van der Waals surface area contributed by atoms with E-state index in [1.165, 1.54) is 16.2 Å². The standard InChI is InChI=1S/C33H32N4O5S/c1-20-34-28(19-43-20)30(39)37(17-22-8-4-5-9-25(22)31(41-2)42-3)18-29(38)35-24-13-12-21-15-33(16-23(21)14-24)26-10-6-7-11-27(26)36-32(33)40/h4-14,19,31H,15-18H2,1-3H3,(H,35,38)(H,36,40). The fraction of sp³-hybridized carbons (Fsp3) is 0.273. The largest absolute Gasteiger partial charge is 0.352 e. The highest BCUT2D eigenvalue weighted by molar-refractivity contribution is 7.09. The summed E-state index contributed by atoms with van der Waals surface area (Å²) in [5.74, 6) is -0.682. The summed E-state index contributed by atoms with van der Waals surface area (Å²) >= 11 is 1.38. The fourth-order valence-corrected chi connectivity index (χ4v) is 6.73. The van der Waals surface area contributed by atoms with Crippen LogP contribution in [0.15, 0.2) is 72.1 Å². The van der Waals surface area contributed by atoms with E-state index in [4.69, 9.17) is 9.47 Å². The number of benzene rings is 3. The molecule has 3 amide bonds. The molecule has 0 bridgehead atoms. The van der Waals surface area contributed by atoms with Crippen LogP contribution in [0.2, 0.25) is 0 Å². The zero-order chi connectivity index (χ0) is 30.1. The number of hydrogen-bond donors (Lipinski definition) is 2. The maximum absolute atomic E-state index is 13.6. The SMILES string of the molecule is COC(OC)c1ccccc1CN(CC(=O)Nc1ccc2c(c1)CC1(C2)C(=O)Nc2ccccc21)C(=O)c1csc(C)n1. The molecule has 1 aliphatic carbocycles. The van der Waals surface area contributed by atoms with Gasteiger partial charge in [0, 0.05) is 43.1 Å². The van der Waals surface area contributed by atoms with Crippen molar-refractivity contribution in [3.63, 3.8) is 0 Å². The molecule has 3 aromatic carbocycles. The molecular formula is C33H32N4O5S. The van der Waals surface area contributed by atoms with Gasteiger partial charge in [-0.05, 0) is 60.2 Å². The molecule has 2 heterocycles. The first-order chi connectivity index (χ1) is 20.8. The Morgan fingerprint density at radius 2 is 1.79 bits per heavy atom. The van der Waals surface area contributed by atoms with E-state index in [1.807, 2.05) is 73.7 Å². The van der Waals surface area contributed by atoms with E-state index < -0.39 is 11.7 Å². The van der Waals surface area contributed by atoms with Crippen LogP contribution in [0.5, 0.6) is 0 Å². The highest BCUT2D eigenvalue weighted by Crippen LogP contribution is 2.47. The monoisotopic (exact) mass is 596 g/mol. The molecule has 2 N–H and O–H groups in total. The van der Waals surface area contributed by atoms with Crippen LogP contribution in [-0.4, -0.2) is 48.4 Å². The van der Waals surface area contributed by atoms with Crippen molar-refractivity contribution in [1.29, 1.82) is 0 Å². The number of rotatable bonds is 9. The molecule has 6 rings (SSSR count). The van der Waals surface area contributed by atoms with E-state index in [1.54, 1.807) is 19.6 Å². The molecule has 9 nitrogen and oxygen atoms in total. The Morgan fingerprint density at radius 1 is 1.05 bits per heavy atom. The summed E-state index contributed by atoms with van der Waals surface area (Å²) in [5, 5.41) is 8.47. The average Bonchev–Trinajstić information content (AvgIpc) is 3.69. The summed E-state index contributed by atoms with van der Waals surface area (Å²) in [6.07, 6.45) is 0.546. The van der Waals surface area contributed by atoms with Crippen molar-refractivity contribution in [2.45, 2.75) is 38.0 Å². The number of thiazole rings is 1. The third-order valence-corrected chi connectivity index (χ3v) is 8.93. The van der Waals surface area contributed by atoms with Gasteiger partial charge in [-0.2, -0.15) is 0 Å². The molecule has 0 saturated carbocycles. The van der Waals surface area contributed by atoms with Gasteiger partial charge in [0.2, 0.25) is 11.8 Å². The second kappa shape index (κ2) is 11.7. The number of ether oxygens (including phenoxy) is 2. The van der Waals surface area contributed by atoms with Gasteiger partial charge in [0.1, 0.15) is 12.2 Å². The summed E-state index contributed by atoms with van der Waals surface area (Å²) in [6, 6.07) is 21.1. The van der Waals surface area contributed by atoms with Crippen molar-refractivity contribution >= 4 is 40.4 Å². The van der Waals surface area contributed by atoms with E-state index in [9.17, 15) is 14.4 Å². The lowest BCUT2D eigenvalue weighted by atomic mass is 9.79. The predicted molar refractivity (Wildman–Crippen MR) is 164 cm³/mol. The maximum atomic E-state index is 13.6. The number of methoxy groups -OCH3 is 2. The van der Waals surface area contributed by atoms with Gasteiger partial charge in [-0.15, -0.1) is 11.3 Å². The molecule has 43 heavy (non-hydrogen) atoms. The summed E-state index contributed by atoms with van der Waals surface area (Å²) in [7, 11) is 3.10. The Morgan fingerprint density at radius 3 is 2.56 bits per heavy atom. The Hall–Kier alpha value is -4.38. The van der Waals surface area contributed by atoms with Gasteiger partial charge in [-0.25, -0.2) is 4.98 Å². The maximum Gasteiger partial charge on any atom is 0.274 e. The summed E-state index contributed by atoms with van der Waals surface area (Å²) in [6.45, 7) is 1.80. The Kier molecular flexibility index (Phi) is 7.83. The number of nitrogens with one attached hydrogen (secondary N) is 2. The number of aromatic nitrogens is 1. The number of hydrogen-bond acceptors (Lipinski definition) is 7. The van der Waals surface area contributed by atoms with Gasteiger partial charge >= 0.3 is 0 Å². The van der Waals surface area contributed by atoms with Gasteiger partial charge in [0.05, 0.1) is 10.4 Å². The highest BCUT2D eigenvalue weighted by Gasteiger charge is 2.50. The lowest BCUT2D eigenvalue weighted by Crippen LogP contribution is -2.38. The fourth-order valence-electron chi connectivity index (χ4n) is 6.14. The van der Waals surface area contributed by atoms with E-state index in [0.717, 1.165) is 38.5 Å². The molecule has 2 aliphatic rings. The van der Waals surface area contributed by atoms with Crippen molar-refractivity contribution in [2.24, 2.45) is 0 Å². The van der Waals surface area contributed by atoms with E-state index >= 15 is 0 Å². The van der Waals surface area contributed by atoms with Crippen LogP contribution >= 0.6 is 11.3 Å². The van der Waals surface area contributed by atoms with Crippen LogP contribution in [0.1, 0.15) is 49.6 Å². The molecule has 1 unspecified atom stereocenters. The third kappa shape index (κ3) is 5.45. The van der Waals surface area contributed by atoms with Crippen LogP contribution in [0, 0.1) is 6.92 Å². The number of aryl methyl sites for hydroxylation is 1. The summed E-state index contributed by atoms with van der Waals surface area (Å²) < 4.78 is 10.9. The zero-order valence-electron chi connectivity index (χ0n) is 24.2. The summed E-state index contributed by atoms with van der Waals surface area (Å²) in [5.41, 5.74) is 5.82. The molecular weight excluding hydrogens is 564 g/mol. The van der Waals surface area contributed by atoms with Crippen LogP contribution in [-0.2, 0) is 43.9 Å². The molecule has 0 fully saturated rings. The number of carbonyl (C=O) groups is 3. The predicted octanol–water partition coefficient (Wildman–Crippen LogP) is 5.01. The second-order valence-electron chi connectivity index (χ2n) is 10.9.